The molecule has 1 saturated heterocycles. The topological polar surface area (TPSA) is 32.3 Å². The van der Waals surface area contributed by atoms with Crippen LogP contribution in [0, 0.1) is 6.92 Å². The number of benzene rings is 1. The highest BCUT2D eigenvalue weighted by Crippen LogP contribution is 2.33. The van der Waals surface area contributed by atoms with E-state index in [-0.39, 0.29) is 0 Å². The van der Waals surface area contributed by atoms with Crippen molar-refractivity contribution in [2.24, 2.45) is 0 Å². The summed E-state index contributed by atoms with van der Waals surface area (Å²) in [5.74, 6) is 0.789. The van der Waals surface area contributed by atoms with Gasteiger partial charge in [-0.2, -0.15) is 0 Å². The molecule has 0 N–H and O–H groups in total. The van der Waals surface area contributed by atoms with E-state index >= 15 is 0 Å². The summed E-state index contributed by atoms with van der Waals surface area (Å²) in [4.78, 5) is 13.2. The minimum atomic E-state index is 0.596. The number of piperazine rings is 1. The predicted octanol–water partition coefficient (Wildman–Crippen LogP) is 3.42. The van der Waals surface area contributed by atoms with Gasteiger partial charge in [0.15, 0.2) is 0 Å². The molecule has 3 rings (SSSR count). The SMILES string of the molecule is Cc1cnc(N2CCN(c3cccc(Cl)c3Cl)CC2)nc1. The minimum Gasteiger partial charge on any atom is -0.367 e. The Hall–Kier alpha value is -1.52. The molecule has 21 heavy (non-hydrogen) atoms. The van der Waals surface area contributed by atoms with Crippen molar-refractivity contribution in [2.75, 3.05) is 36.0 Å². The lowest BCUT2D eigenvalue weighted by Gasteiger charge is -2.36. The quantitative estimate of drug-likeness (QED) is 0.848. The van der Waals surface area contributed by atoms with Gasteiger partial charge in [-0.3, -0.25) is 0 Å². The van der Waals surface area contributed by atoms with E-state index in [0.717, 1.165) is 43.4 Å². The molecule has 1 aliphatic heterocycles. The number of rotatable bonds is 2. The zero-order valence-corrected chi connectivity index (χ0v) is 13.3. The largest absolute Gasteiger partial charge is 0.367 e. The zero-order chi connectivity index (χ0) is 14.8. The summed E-state index contributed by atoms with van der Waals surface area (Å²) in [5, 5.41) is 1.22. The average Bonchev–Trinajstić information content (AvgIpc) is 2.51. The Morgan fingerprint density at radius 2 is 1.57 bits per heavy atom. The van der Waals surface area contributed by atoms with Crippen molar-refractivity contribution >= 4 is 34.8 Å². The van der Waals surface area contributed by atoms with Crippen molar-refractivity contribution in [2.45, 2.75) is 6.92 Å². The van der Waals surface area contributed by atoms with E-state index in [4.69, 9.17) is 23.2 Å². The molecule has 1 aromatic carbocycles. The third-order valence-electron chi connectivity index (χ3n) is 3.60. The summed E-state index contributed by atoms with van der Waals surface area (Å²) in [6.45, 7) is 5.47. The number of halogens is 2. The minimum absolute atomic E-state index is 0.596. The third kappa shape index (κ3) is 3.06. The van der Waals surface area contributed by atoms with E-state index in [1.807, 2.05) is 37.5 Å². The highest BCUT2D eigenvalue weighted by atomic mass is 35.5. The van der Waals surface area contributed by atoms with Crippen molar-refractivity contribution in [1.29, 1.82) is 0 Å². The van der Waals surface area contributed by atoms with Gasteiger partial charge in [-0.05, 0) is 24.6 Å². The summed E-state index contributed by atoms with van der Waals surface area (Å²) < 4.78 is 0. The van der Waals surface area contributed by atoms with Gasteiger partial charge in [0.25, 0.3) is 0 Å². The standard InChI is InChI=1S/C15H16Cl2N4/c1-11-9-18-15(19-10-11)21-7-5-20(6-8-21)13-4-2-3-12(16)14(13)17/h2-4,9-10H,5-8H2,1H3. The third-order valence-corrected chi connectivity index (χ3v) is 4.41. The van der Waals surface area contributed by atoms with E-state index in [1.165, 1.54) is 0 Å². The van der Waals surface area contributed by atoms with Gasteiger partial charge in [-0.15, -0.1) is 0 Å². The Morgan fingerprint density at radius 1 is 0.952 bits per heavy atom. The smallest absolute Gasteiger partial charge is 0.225 e. The van der Waals surface area contributed by atoms with Crippen LogP contribution in [0.15, 0.2) is 30.6 Å². The number of aryl methyl sites for hydroxylation is 1. The highest BCUT2D eigenvalue weighted by Gasteiger charge is 2.21. The zero-order valence-electron chi connectivity index (χ0n) is 11.8. The van der Waals surface area contributed by atoms with Gasteiger partial charge in [0.1, 0.15) is 0 Å². The second-order valence-electron chi connectivity index (χ2n) is 5.11. The van der Waals surface area contributed by atoms with Crippen LogP contribution in [0.1, 0.15) is 5.56 Å². The van der Waals surface area contributed by atoms with Crippen molar-refractivity contribution in [1.82, 2.24) is 9.97 Å². The molecule has 0 spiro atoms. The molecule has 0 unspecified atom stereocenters. The summed E-state index contributed by atoms with van der Waals surface area (Å²) >= 11 is 12.4. The van der Waals surface area contributed by atoms with Gasteiger partial charge in [0.2, 0.25) is 5.95 Å². The normalized spacial score (nSPS) is 15.4. The van der Waals surface area contributed by atoms with Crippen molar-refractivity contribution in [3.63, 3.8) is 0 Å². The maximum atomic E-state index is 6.29. The summed E-state index contributed by atoms with van der Waals surface area (Å²) in [6, 6.07) is 5.75. The Kier molecular flexibility index (Phi) is 4.17. The van der Waals surface area contributed by atoms with Crippen molar-refractivity contribution in [3.05, 3.63) is 46.2 Å². The monoisotopic (exact) mass is 322 g/mol. The first-order valence-corrected chi connectivity index (χ1v) is 7.63. The van der Waals surface area contributed by atoms with E-state index < -0.39 is 0 Å². The predicted molar refractivity (Wildman–Crippen MR) is 87.7 cm³/mol. The molecule has 6 heteroatoms. The molecule has 0 aliphatic carbocycles. The van der Waals surface area contributed by atoms with Gasteiger partial charge in [-0.25, -0.2) is 9.97 Å². The molecule has 2 heterocycles. The van der Waals surface area contributed by atoms with Crippen LogP contribution in [0.4, 0.5) is 11.6 Å². The molecule has 2 aromatic rings. The summed E-state index contributed by atoms with van der Waals surface area (Å²) in [5.41, 5.74) is 2.07. The first-order valence-electron chi connectivity index (χ1n) is 6.88. The molecule has 0 bridgehead atoms. The lowest BCUT2D eigenvalue weighted by Crippen LogP contribution is -2.47. The molecule has 0 radical (unpaired) electrons. The molecule has 4 nitrogen and oxygen atoms in total. The van der Waals surface area contributed by atoms with E-state index in [2.05, 4.69) is 19.8 Å². The molecule has 110 valence electrons. The fourth-order valence-corrected chi connectivity index (χ4v) is 2.85. The van der Waals surface area contributed by atoms with E-state index in [1.54, 1.807) is 0 Å². The van der Waals surface area contributed by atoms with Crippen LogP contribution in [0.3, 0.4) is 0 Å². The van der Waals surface area contributed by atoms with Crippen LogP contribution < -0.4 is 9.80 Å². The molecular weight excluding hydrogens is 307 g/mol. The second-order valence-corrected chi connectivity index (χ2v) is 5.89. The highest BCUT2D eigenvalue weighted by molar-refractivity contribution is 6.43. The molecule has 1 fully saturated rings. The van der Waals surface area contributed by atoms with E-state index in [0.29, 0.717) is 10.0 Å². The number of anilines is 2. The van der Waals surface area contributed by atoms with Gasteiger partial charge in [0, 0.05) is 38.6 Å². The number of aromatic nitrogens is 2. The van der Waals surface area contributed by atoms with Crippen molar-refractivity contribution in [3.8, 4) is 0 Å². The van der Waals surface area contributed by atoms with Crippen LogP contribution in [-0.4, -0.2) is 36.1 Å². The summed E-state index contributed by atoms with van der Waals surface area (Å²) in [7, 11) is 0. The summed E-state index contributed by atoms with van der Waals surface area (Å²) in [6.07, 6.45) is 3.70. The number of hydrogen-bond acceptors (Lipinski definition) is 4. The average molecular weight is 323 g/mol. The molecule has 1 aromatic heterocycles. The molecule has 1 aliphatic rings. The van der Waals surface area contributed by atoms with Crippen LogP contribution in [0.2, 0.25) is 10.0 Å². The Balaban J connectivity index is 1.70. The molecule has 0 atom stereocenters. The number of hydrogen-bond donors (Lipinski definition) is 0. The van der Waals surface area contributed by atoms with Crippen LogP contribution in [-0.2, 0) is 0 Å². The number of nitrogens with zero attached hydrogens (tertiary/aromatic N) is 4. The fraction of sp³-hybridized carbons (Fsp3) is 0.333. The lowest BCUT2D eigenvalue weighted by molar-refractivity contribution is 0.640. The maximum absolute atomic E-state index is 6.29. The maximum Gasteiger partial charge on any atom is 0.225 e. The Bertz CT molecular complexity index is 622. The first kappa shape index (κ1) is 14.4. The van der Waals surface area contributed by atoms with Crippen LogP contribution in [0.5, 0.6) is 0 Å². The van der Waals surface area contributed by atoms with Gasteiger partial charge >= 0.3 is 0 Å². The van der Waals surface area contributed by atoms with Gasteiger partial charge in [-0.1, -0.05) is 29.3 Å². The lowest BCUT2D eigenvalue weighted by atomic mass is 10.2. The van der Waals surface area contributed by atoms with Crippen LogP contribution >= 0.6 is 23.2 Å². The van der Waals surface area contributed by atoms with Gasteiger partial charge < -0.3 is 9.80 Å². The Labute approximate surface area is 134 Å². The molecular formula is C15H16Cl2N4. The van der Waals surface area contributed by atoms with Crippen molar-refractivity contribution < 1.29 is 0 Å². The molecule has 0 amide bonds. The second kappa shape index (κ2) is 6.08. The van der Waals surface area contributed by atoms with Crippen LogP contribution in [0.25, 0.3) is 0 Å². The molecule has 0 saturated carbocycles. The van der Waals surface area contributed by atoms with Gasteiger partial charge in [0.05, 0.1) is 15.7 Å². The Morgan fingerprint density at radius 3 is 2.24 bits per heavy atom. The fourth-order valence-electron chi connectivity index (χ4n) is 2.43. The van der Waals surface area contributed by atoms with E-state index in [9.17, 15) is 0 Å². The first-order chi connectivity index (χ1) is 10.1.